The molecule has 4 nitrogen and oxygen atoms in total. The SMILES string of the molecule is Cc1ccc(-c2cc(C(F)(F)F)nc(N3CCNCC3)n2)s1. The molecule has 2 aromatic heterocycles. The van der Waals surface area contributed by atoms with E-state index < -0.39 is 11.9 Å². The fraction of sp³-hybridized carbons (Fsp3) is 0.429. The first-order chi connectivity index (χ1) is 10.4. The van der Waals surface area contributed by atoms with E-state index in [2.05, 4.69) is 15.3 Å². The molecular weight excluding hydrogens is 313 g/mol. The molecule has 0 atom stereocenters. The molecular formula is C14H15F3N4S. The molecule has 0 aromatic carbocycles. The quantitative estimate of drug-likeness (QED) is 0.920. The Bertz CT molecular complexity index is 662. The molecule has 0 saturated carbocycles. The van der Waals surface area contributed by atoms with Crippen LogP contribution in [0.25, 0.3) is 10.6 Å². The van der Waals surface area contributed by atoms with Crippen molar-refractivity contribution in [2.24, 2.45) is 0 Å². The standard InChI is InChI=1S/C14H15F3N4S/c1-9-2-3-11(22-9)10-8-12(14(15,16)17)20-13(19-10)21-6-4-18-5-7-21/h2-3,8,18H,4-7H2,1H3. The van der Waals surface area contributed by atoms with Crippen LogP contribution in [0.3, 0.4) is 0 Å². The van der Waals surface area contributed by atoms with Gasteiger partial charge in [0.2, 0.25) is 5.95 Å². The van der Waals surface area contributed by atoms with E-state index in [0.717, 1.165) is 15.8 Å². The number of rotatable bonds is 2. The van der Waals surface area contributed by atoms with Crippen LogP contribution < -0.4 is 10.2 Å². The largest absolute Gasteiger partial charge is 0.433 e. The monoisotopic (exact) mass is 328 g/mol. The highest BCUT2D eigenvalue weighted by Gasteiger charge is 2.34. The Morgan fingerprint density at radius 3 is 2.50 bits per heavy atom. The fourth-order valence-electron chi connectivity index (χ4n) is 2.28. The number of hydrogen-bond acceptors (Lipinski definition) is 5. The summed E-state index contributed by atoms with van der Waals surface area (Å²) in [5, 5.41) is 3.16. The van der Waals surface area contributed by atoms with E-state index in [1.807, 2.05) is 13.0 Å². The maximum absolute atomic E-state index is 13.1. The van der Waals surface area contributed by atoms with Crippen LogP contribution in [-0.4, -0.2) is 36.1 Å². The number of alkyl halides is 3. The van der Waals surface area contributed by atoms with Crippen LogP contribution in [0.4, 0.5) is 19.1 Å². The number of nitrogens with zero attached hydrogens (tertiary/aromatic N) is 3. The van der Waals surface area contributed by atoms with E-state index >= 15 is 0 Å². The summed E-state index contributed by atoms with van der Waals surface area (Å²) in [7, 11) is 0. The van der Waals surface area contributed by atoms with Gasteiger partial charge in [-0.1, -0.05) is 0 Å². The van der Waals surface area contributed by atoms with Crippen molar-refractivity contribution in [2.75, 3.05) is 31.1 Å². The van der Waals surface area contributed by atoms with Crippen LogP contribution in [0.15, 0.2) is 18.2 Å². The van der Waals surface area contributed by atoms with Crippen LogP contribution >= 0.6 is 11.3 Å². The Labute approximate surface area is 130 Å². The zero-order chi connectivity index (χ0) is 15.7. The highest BCUT2D eigenvalue weighted by Crippen LogP contribution is 2.33. The Hall–Kier alpha value is -1.67. The molecule has 1 aliphatic rings. The maximum Gasteiger partial charge on any atom is 0.433 e. The van der Waals surface area contributed by atoms with Crippen molar-refractivity contribution in [3.63, 3.8) is 0 Å². The number of aryl methyl sites for hydroxylation is 1. The Morgan fingerprint density at radius 1 is 1.18 bits per heavy atom. The van der Waals surface area contributed by atoms with Crippen molar-refractivity contribution in [3.05, 3.63) is 28.8 Å². The van der Waals surface area contributed by atoms with Gasteiger partial charge >= 0.3 is 6.18 Å². The molecule has 2 aromatic rings. The highest BCUT2D eigenvalue weighted by molar-refractivity contribution is 7.15. The molecule has 0 amide bonds. The summed E-state index contributed by atoms with van der Waals surface area (Å²) in [4.78, 5) is 11.6. The Morgan fingerprint density at radius 2 is 1.91 bits per heavy atom. The predicted molar refractivity (Wildman–Crippen MR) is 80.2 cm³/mol. The van der Waals surface area contributed by atoms with E-state index in [9.17, 15) is 13.2 Å². The number of anilines is 1. The van der Waals surface area contributed by atoms with Crippen molar-refractivity contribution in [2.45, 2.75) is 13.1 Å². The molecule has 1 aliphatic heterocycles. The van der Waals surface area contributed by atoms with E-state index in [1.165, 1.54) is 11.3 Å². The molecule has 22 heavy (non-hydrogen) atoms. The molecule has 8 heteroatoms. The van der Waals surface area contributed by atoms with Crippen LogP contribution in [0.2, 0.25) is 0 Å². The van der Waals surface area contributed by atoms with Crippen molar-refractivity contribution >= 4 is 17.3 Å². The zero-order valence-corrected chi connectivity index (χ0v) is 12.8. The summed E-state index contributed by atoms with van der Waals surface area (Å²) in [6.45, 7) is 4.55. The minimum atomic E-state index is -4.48. The zero-order valence-electron chi connectivity index (χ0n) is 11.9. The third-order valence-corrected chi connectivity index (χ3v) is 4.42. The van der Waals surface area contributed by atoms with Gasteiger partial charge in [-0.05, 0) is 25.1 Å². The lowest BCUT2D eigenvalue weighted by Gasteiger charge is -2.28. The first kappa shape index (κ1) is 15.2. The molecule has 1 N–H and O–H groups in total. The van der Waals surface area contributed by atoms with Crippen molar-refractivity contribution in [3.8, 4) is 10.6 Å². The minimum Gasteiger partial charge on any atom is -0.338 e. The van der Waals surface area contributed by atoms with Gasteiger partial charge in [0.1, 0.15) is 0 Å². The summed E-state index contributed by atoms with van der Waals surface area (Å²) in [6.07, 6.45) is -4.48. The second kappa shape index (κ2) is 5.85. The summed E-state index contributed by atoms with van der Waals surface area (Å²) in [5.41, 5.74) is -0.564. The minimum absolute atomic E-state index is 0.150. The average Bonchev–Trinajstić information content (AvgIpc) is 2.93. The number of piperazine rings is 1. The van der Waals surface area contributed by atoms with Crippen molar-refractivity contribution < 1.29 is 13.2 Å². The Balaban J connectivity index is 2.05. The van der Waals surface area contributed by atoms with Gasteiger partial charge in [-0.2, -0.15) is 13.2 Å². The van der Waals surface area contributed by atoms with Crippen LogP contribution in [-0.2, 0) is 6.18 Å². The van der Waals surface area contributed by atoms with Crippen molar-refractivity contribution in [1.82, 2.24) is 15.3 Å². The molecule has 118 valence electrons. The number of aromatic nitrogens is 2. The molecule has 0 bridgehead atoms. The van der Waals surface area contributed by atoms with Crippen LogP contribution in [0.5, 0.6) is 0 Å². The molecule has 3 rings (SSSR count). The van der Waals surface area contributed by atoms with E-state index in [4.69, 9.17) is 0 Å². The van der Waals surface area contributed by atoms with E-state index in [-0.39, 0.29) is 5.95 Å². The number of halogens is 3. The van der Waals surface area contributed by atoms with Gasteiger partial charge in [0.25, 0.3) is 0 Å². The van der Waals surface area contributed by atoms with Gasteiger partial charge in [0.15, 0.2) is 5.69 Å². The molecule has 3 heterocycles. The third kappa shape index (κ3) is 3.22. The van der Waals surface area contributed by atoms with Crippen LogP contribution in [0.1, 0.15) is 10.6 Å². The lowest BCUT2D eigenvalue weighted by atomic mass is 10.2. The molecule has 0 aliphatic carbocycles. The van der Waals surface area contributed by atoms with Gasteiger partial charge in [0.05, 0.1) is 10.6 Å². The van der Waals surface area contributed by atoms with E-state index in [0.29, 0.717) is 31.9 Å². The van der Waals surface area contributed by atoms with E-state index in [1.54, 1.807) is 11.0 Å². The normalized spacial score (nSPS) is 16.1. The van der Waals surface area contributed by atoms with Crippen LogP contribution in [0, 0.1) is 6.92 Å². The molecule has 1 saturated heterocycles. The number of hydrogen-bond donors (Lipinski definition) is 1. The number of thiophene rings is 1. The topological polar surface area (TPSA) is 41.1 Å². The highest BCUT2D eigenvalue weighted by atomic mass is 32.1. The van der Waals surface area contributed by atoms with Gasteiger partial charge in [0, 0.05) is 31.1 Å². The summed E-state index contributed by atoms with van der Waals surface area (Å²) < 4.78 is 39.4. The lowest BCUT2D eigenvalue weighted by Crippen LogP contribution is -2.44. The first-order valence-electron chi connectivity index (χ1n) is 6.92. The molecule has 0 unspecified atom stereocenters. The van der Waals surface area contributed by atoms with Gasteiger partial charge < -0.3 is 10.2 Å². The third-order valence-electron chi connectivity index (χ3n) is 3.40. The maximum atomic E-state index is 13.1. The summed E-state index contributed by atoms with van der Waals surface area (Å²) in [6, 6.07) is 4.70. The Kier molecular flexibility index (Phi) is 4.05. The van der Waals surface area contributed by atoms with Crippen molar-refractivity contribution in [1.29, 1.82) is 0 Å². The number of nitrogens with one attached hydrogen (secondary N) is 1. The predicted octanol–water partition coefficient (Wildman–Crippen LogP) is 2.94. The summed E-state index contributed by atoms with van der Waals surface area (Å²) in [5.74, 6) is 0.150. The molecule has 1 fully saturated rings. The smallest absolute Gasteiger partial charge is 0.338 e. The second-order valence-electron chi connectivity index (χ2n) is 5.08. The van der Waals surface area contributed by atoms with Gasteiger partial charge in [-0.25, -0.2) is 9.97 Å². The van der Waals surface area contributed by atoms with Gasteiger partial charge in [-0.3, -0.25) is 0 Å². The first-order valence-corrected chi connectivity index (χ1v) is 7.74. The van der Waals surface area contributed by atoms with Gasteiger partial charge in [-0.15, -0.1) is 11.3 Å². The average molecular weight is 328 g/mol. The fourth-order valence-corrected chi connectivity index (χ4v) is 3.11. The lowest BCUT2D eigenvalue weighted by molar-refractivity contribution is -0.141. The second-order valence-corrected chi connectivity index (χ2v) is 6.37. The summed E-state index contributed by atoms with van der Waals surface area (Å²) >= 11 is 1.43. The molecule has 0 radical (unpaired) electrons. The molecule has 0 spiro atoms.